The largest absolute Gasteiger partial charge is 0.323 e. The summed E-state index contributed by atoms with van der Waals surface area (Å²) in [5.41, 5.74) is 4.85. The third-order valence-electron chi connectivity index (χ3n) is 4.94. The molecule has 0 bridgehead atoms. The number of fused-ring (bicyclic) bond motifs is 1. The highest BCUT2D eigenvalue weighted by atomic mass is 35.5. The summed E-state index contributed by atoms with van der Waals surface area (Å²) in [6.07, 6.45) is 3.86. The molecular formula is C23H18ClN5. The molecule has 0 radical (unpaired) electrons. The molecule has 5 rings (SSSR count). The van der Waals surface area contributed by atoms with Gasteiger partial charge in [0, 0.05) is 16.8 Å². The summed E-state index contributed by atoms with van der Waals surface area (Å²) in [4.78, 5) is 9.24. The summed E-state index contributed by atoms with van der Waals surface area (Å²) in [5.74, 6) is 1.33. The molecular weight excluding hydrogens is 382 g/mol. The molecule has 1 unspecified atom stereocenters. The fourth-order valence-corrected chi connectivity index (χ4v) is 3.67. The highest BCUT2D eigenvalue weighted by molar-refractivity contribution is 6.31. The first-order valence-corrected chi connectivity index (χ1v) is 9.75. The minimum atomic E-state index is -0.191. The average Bonchev–Trinajstić information content (AvgIpc) is 3.19. The van der Waals surface area contributed by atoms with Crippen LogP contribution in [0.2, 0.25) is 5.02 Å². The molecule has 1 N–H and O–H groups in total. The monoisotopic (exact) mass is 399 g/mol. The van der Waals surface area contributed by atoms with Gasteiger partial charge in [0.05, 0.1) is 11.4 Å². The van der Waals surface area contributed by atoms with Gasteiger partial charge in [-0.2, -0.15) is 4.98 Å². The number of rotatable bonds is 3. The molecule has 1 aliphatic heterocycles. The van der Waals surface area contributed by atoms with E-state index in [1.54, 1.807) is 6.20 Å². The van der Waals surface area contributed by atoms with E-state index in [1.165, 1.54) is 5.56 Å². The van der Waals surface area contributed by atoms with E-state index in [-0.39, 0.29) is 6.04 Å². The van der Waals surface area contributed by atoms with Crippen LogP contribution in [-0.2, 0) is 0 Å². The normalized spacial score (nSPS) is 15.4. The van der Waals surface area contributed by atoms with E-state index in [2.05, 4.69) is 35.4 Å². The number of aryl methyl sites for hydroxylation is 1. The predicted molar refractivity (Wildman–Crippen MR) is 116 cm³/mol. The maximum Gasteiger partial charge on any atom is 0.227 e. The zero-order valence-electron chi connectivity index (χ0n) is 15.7. The summed E-state index contributed by atoms with van der Waals surface area (Å²) in [5, 5.41) is 8.87. The van der Waals surface area contributed by atoms with Crippen LogP contribution < -0.4 is 5.32 Å². The fraction of sp³-hybridized carbons (Fsp3) is 0.0870. The van der Waals surface area contributed by atoms with E-state index in [0.717, 1.165) is 22.5 Å². The summed E-state index contributed by atoms with van der Waals surface area (Å²) in [7, 11) is 0. The van der Waals surface area contributed by atoms with Crippen LogP contribution in [0.1, 0.15) is 22.9 Å². The number of pyridine rings is 1. The van der Waals surface area contributed by atoms with E-state index in [0.29, 0.717) is 16.8 Å². The van der Waals surface area contributed by atoms with Crippen molar-refractivity contribution in [2.24, 2.45) is 0 Å². The Morgan fingerprint density at radius 2 is 1.76 bits per heavy atom. The van der Waals surface area contributed by atoms with E-state index in [1.807, 2.05) is 59.3 Å². The average molecular weight is 400 g/mol. The summed E-state index contributed by atoms with van der Waals surface area (Å²) < 4.78 is 1.88. The quantitative estimate of drug-likeness (QED) is 0.504. The maximum absolute atomic E-state index is 6.53. The van der Waals surface area contributed by atoms with Crippen LogP contribution in [0.3, 0.4) is 0 Å². The van der Waals surface area contributed by atoms with Crippen LogP contribution in [0.25, 0.3) is 17.1 Å². The topological polar surface area (TPSA) is 55.6 Å². The van der Waals surface area contributed by atoms with Crippen LogP contribution in [0.15, 0.2) is 79.0 Å². The van der Waals surface area contributed by atoms with Crippen molar-refractivity contribution >= 4 is 23.2 Å². The van der Waals surface area contributed by atoms with Crippen molar-refractivity contribution in [3.63, 3.8) is 0 Å². The Labute approximate surface area is 173 Å². The van der Waals surface area contributed by atoms with Gasteiger partial charge in [0.15, 0.2) is 5.82 Å². The van der Waals surface area contributed by atoms with Crippen LogP contribution in [0, 0.1) is 6.92 Å². The lowest BCUT2D eigenvalue weighted by Gasteiger charge is -2.24. The van der Waals surface area contributed by atoms with Gasteiger partial charge < -0.3 is 5.32 Å². The molecule has 3 heterocycles. The van der Waals surface area contributed by atoms with Crippen molar-refractivity contribution in [1.82, 2.24) is 19.7 Å². The Balaban J connectivity index is 1.65. The number of hydrogen-bond acceptors (Lipinski definition) is 4. The molecule has 0 spiro atoms. The van der Waals surface area contributed by atoms with E-state index >= 15 is 0 Å². The molecule has 4 aromatic rings. The highest BCUT2D eigenvalue weighted by Gasteiger charge is 2.27. The molecule has 0 fully saturated rings. The van der Waals surface area contributed by atoms with Crippen molar-refractivity contribution in [3.05, 3.63) is 101 Å². The molecule has 142 valence electrons. The molecule has 1 aliphatic rings. The van der Waals surface area contributed by atoms with E-state index in [9.17, 15) is 0 Å². The number of allylic oxidation sites excluding steroid dienone is 1. The third kappa shape index (κ3) is 3.30. The molecule has 0 aliphatic carbocycles. The summed E-state index contributed by atoms with van der Waals surface area (Å²) in [6.45, 7) is 2.06. The highest BCUT2D eigenvalue weighted by Crippen LogP contribution is 2.36. The summed E-state index contributed by atoms with van der Waals surface area (Å²) in [6, 6.07) is 21.7. The van der Waals surface area contributed by atoms with Crippen LogP contribution in [-0.4, -0.2) is 19.7 Å². The lowest BCUT2D eigenvalue weighted by atomic mass is 10.0. The van der Waals surface area contributed by atoms with Crippen molar-refractivity contribution in [1.29, 1.82) is 0 Å². The molecule has 2 aromatic heterocycles. The lowest BCUT2D eigenvalue weighted by Crippen LogP contribution is -2.20. The SMILES string of the molecule is Cc1ccc(-c2nc3n(n2)C(c2ccccc2Cl)C=C(c2ccccn2)N3)cc1. The number of hydrogen-bond donors (Lipinski definition) is 1. The van der Waals surface area contributed by atoms with E-state index < -0.39 is 0 Å². The molecule has 1 atom stereocenters. The number of nitrogens with one attached hydrogen (secondary N) is 1. The van der Waals surface area contributed by atoms with Gasteiger partial charge in [0.1, 0.15) is 6.04 Å². The maximum atomic E-state index is 6.53. The van der Waals surface area contributed by atoms with Crippen molar-refractivity contribution in [3.8, 4) is 11.4 Å². The first-order chi connectivity index (χ1) is 14.2. The number of halogens is 1. The molecule has 0 saturated heterocycles. The Hall–Kier alpha value is -3.44. The van der Waals surface area contributed by atoms with Gasteiger partial charge in [0.2, 0.25) is 5.95 Å². The van der Waals surface area contributed by atoms with Crippen LogP contribution >= 0.6 is 11.6 Å². The Bertz CT molecular complexity index is 1200. The number of aromatic nitrogens is 4. The van der Waals surface area contributed by atoms with Gasteiger partial charge in [-0.25, -0.2) is 4.68 Å². The summed E-state index contributed by atoms with van der Waals surface area (Å²) >= 11 is 6.53. The molecule has 29 heavy (non-hydrogen) atoms. The minimum absolute atomic E-state index is 0.191. The van der Waals surface area contributed by atoms with Gasteiger partial charge in [-0.3, -0.25) is 4.98 Å². The second-order valence-corrected chi connectivity index (χ2v) is 7.36. The van der Waals surface area contributed by atoms with Gasteiger partial charge in [-0.15, -0.1) is 5.10 Å². The fourth-order valence-electron chi connectivity index (χ4n) is 3.43. The molecule has 5 nitrogen and oxygen atoms in total. The Morgan fingerprint density at radius 1 is 0.966 bits per heavy atom. The first kappa shape index (κ1) is 17.6. The van der Waals surface area contributed by atoms with Gasteiger partial charge >= 0.3 is 0 Å². The second kappa shape index (κ2) is 7.18. The second-order valence-electron chi connectivity index (χ2n) is 6.96. The molecule has 2 aromatic carbocycles. The number of nitrogens with zero attached hydrogens (tertiary/aromatic N) is 4. The molecule has 6 heteroatoms. The van der Waals surface area contributed by atoms with Gasteiger partial charge in [-0.1, -0.05) is 65.7 Å². The van der Waals surface area contributed by atoms with Crippen LogP contribution in [0.5, 0.6) is 0 Å². The number of anilines is 1. The predicted octanol–water partition coefficient (Wildman–Crippen LogP) is 5.36. The van der Waals surface area contributed by atoms with Gasteiger partial charge in [-0.05, 0) is 36.8 Å². The first-order valence-electron chi connectivity index (χ1n) is 9.37. The number of benzene rings is 2. The Morgan fingerprint density at radius 3 is 2.52 bits per heavy atom. The van der Waals surface area contributed by atoms with Crippen LogP contribution in [0.4, 0.5) is 5.95 Å². The molecule has 0 saturated carbocycles. The van der Waals surface area contributed by atoms with Crippen molar-refractivity contribution < 1.29 is 0 Å². The zero-order chi connectivity index (χ0) is 19.8. The van der Waals surface area contributed by atoms with E-state index in [4.69, 9.17) is 21.7 Å². The zero-order valence-corrected chi connectivity index (χ0v) is 16.5. The third-order valence-corrected chi connectivity index (χ3v) is 5.28. The lowest BCUT2D eigenvalue weighted by molar-refractivity contribution is 0.613. The van der Waals surface area contributed by atoms with Gasteiger partial charge in [0.25, 0.3) is 0 Å². The Kier molecular flexibility index (Phi) is 4.37. The van der Waals surface area contributed by atoms with Crippen molar-refractivity contribution in [2.45, 2.75) is 13.0 Å². The van der Waals surface area contributed by atoms with Crippen molar-refractivity contribution in [2.75, 3.05) is 5.32 Å². The minimum Gasteiger partial charge on any atom is -0.323 e. The standard InChI is InChI=1S/C23H18ClN5/c1-15-9-11-16(12-10-15)22-27-23-26-20(19-8-4-5-13-25-19)14-21(29(23)28-22)17-6-2-3-7-18(17)24/h2-14,21H,1H3,(H,26,27,28). The molecule has 0 amide bonds. The smallest absolute Gasteiger partial charge is 0.227 e.